The van der Waals surface area contributed by atoms with Gasteiger partial charge in [-0.2, -0.15) is 9.28 Å². The second-order valence-corrected chi connectivity index (χ2v) is 14.2. The summed E-state index contributed by atoms with van der Waals surface area (Å²) in [4.78, 5) is 64.3. The number of hydrogen-bond acceptors (Lipinski definition) is 9. The van der Waals surface area contributed by atoms with Crippen molar-refractivity contribution in [1.82, 2.24) is 16.0 Å². The quantitative estimate of drug-likeness (QED) is 0.0583. The summed E-state index contributed by atoms with van der Waals surface area (Å²) in [6.07, 6.45) is -0.632. The molecule has 3 aromatic rings. The van der Waals surface area contributed by atoms with Crippen molar-refractivity contribution in [2.45, 2.75) is 89.8 Å². The number of imide groups is 1. The molecule has 0 spiro atoms. The number of quaternary nitrogens is 1. The highest BCUT2D eigenvalue weighted by Crippen LogP contribution is 2.31. The zero-order chi connectivity index (χ0) is 39.5. The molecule has 1 aliphatic rings. The third-order valence-electron chi connectivity index (χ3n) is 9.43. The first-order valence-electron chi connectivity index (χ1n) is 18.5. The van der Waals surface area contributed by atoms with Crippen LogP contribution in [-0.2, 0) is 47.7 Å². The van der Waals surface area contributed by atoms with Crippen molar-refractivity contribution in [1.29, 1.82) is 0 Å². The van der Waals surface area contributed by atoms with Crippen molar-refractivity contribution in [3.63, 3.8) is 0 Å². The predicted octanol–water partition coefficient (Wildman–Crippen LogP) is 6.24. The lowest BCUT2D eigenvalue weighted by molar-refractivity contribution is -0.793. The molecule has 0 aromatic heterocycles. The molecule has 55 heavy (non-hydrogen) atoms. The molecule has 0 aliphatic carbocycles. The van der Waals surface area contributed by atoms with Crippen molar-refractivity contribution >= 4 is 39.1 Å². The van der Waals surface area contributed by atoms with E-state index in [2.05, 4.69) is 16.0 Å². The molecule has 6 atom stereocenters. The summed E-state index contributed by atoms with van der Waals surface area (Å²) in [5, 5.41) is 18.3. The summed E-state index contributed by atoms with van der Waals surface area (Å²) in [7, 11) is -0.600. The molecular formula is C40H52N4O10P+. The standard InChI is InChI=1S/C40H51N4O10P/c1-29-15-14-24-44(29,40(49)50)37(46)30(2)54-55-53-28-34(25-31-16-6-3-7-17-31)42-36(45)35(43-39(48)52-27-33-20-10-5-11-21-33)22-12-13-23-41-38(47)51-26-32-18-8-4-9-19-32/h3-11,16-21,29-30,34-35,55H,12-15,22-28H2,1-2H3,(H3-,41,42,43,45,47,48,49,50)/p+1/t29-,30+,34?,35+,44?/m1/s1. The average molecular weight is 780 g/mol. The van der Waals surface area contributed by atoms with Gasteiger partial charge < -0.3 is 39.6 Å². The Balaban J connectivity index is 1.33. The number of rotatable bonds is 20. The first kappa shape index (κ1) is 42.9. The molecule has 0 radical (unpaired) electrons. The van der Waals surface area contributed by atoms with Crippen LogP contribution >= 0.6 is 9.03 Å². The molecule has 0 saturated carbocycles. The Kier molecular flexibility index (Phi) is 17.5. The average Bonchev–Trinajstić information content (AvgIpc) is 3.60. The SMILES string of the molecule is C[C@H](OPOCC(Cc1ccccc1)NC(=O)[C@H](CCCCNC(=O)OCc1ccccc1)NC(=O)OCc1ccccc1)C(=O)[N+]1(C(=O)O)CCC[C@H]1C. The largest absolute Gasteiger partial charge is 0.521 e. The number of carbonyl (C=O) groups excluding carboxylic acids is 4. The molecule has 1 saturated heterocycles. The number of likely N-dealkylation sites (tertiary alicyclic amines) is 1. The van der Waals surface area contributed by atoms with Crippen molar-refractivity contribution in [2.24, 2.45) is 0 Å². The highest BCUT2D eigenvalue weighted by molar-refractivity contribution is 7.26. The van der Waals surface area contributed by atoms with Crippen molar-refractivity contribution in [2.75, 3.05) is 19.7 Å². The van der Waals surface area contributed by atoms with Gasteiger partial charge in [0.15, 0.2) is 15.1 Å². The monoisotopic (exact) mass is 779 g/mol. The highest BCUT2D eigenvalue weighted by atomic mass is 31.1. The van der Waals surface area contributed by atoms with Crippen LogP contribution in [0.1, 0.15) is 62.6 Å². The van der Waals surface area contributed by atoms with Crippen molar-refractivity contribution in [3.8, 4) is 0 Å². The fraction of sp³-hybridized carbons (Fsp3) is 0.425. The van der Waals surface area contributed by atoms with Gasteiger partial charge >= 0.3 is 24.2 Å². The summed E-state index contributed by atoms with van der Waals surface area (Å²) >= 11 is 0. The fourth-order valence-corrected chi connectivity index (χ4v) is 6.95. The molecule has 5 amide bonds. The molecule has 4 N–H and O–H groups in total. The Hall–Kier alpha value is -4.88. The summed E-state index contributed by atoms with van der Waals surface area (Å²) in [6.45, 7) is 3.97. The number of benzene rings is 3. The van der Waals surface area contributed by atoms with Gasteiger partial charge in [-0.15, -0.1) is 0 Å². The molecule has 1 fully saturated rings. The normalized spacial score (nSPS) is 18.2. The van der Waals surface area contributed by atoms with Gasteiger partial charge in [0.2, 0.25) is 5.91 Å². The molecule has 3 unspecified atom stereocenters. The van der Waals surface area contributed by atoms with Gasteiger partial charge in [0.1, 0.15) is 25.3 Å². The van der Waals surface area contributed by atoms with Crippen molar-refractivity contribution in [3.05, 3.63) is 108 Å². The fourth-order valence-electron chi connectivity index (χ4n) is 6.36. The lowest BCUT2D eigenvalue weighted by Gasteiger charge is -2.31. The van der Waals surface area contributed by atoms with Crippen LogP contribution in [0.2, 0.25) is 0 Å². The Labute approximate surface area is 323 Å². The first-order valence-corrected chi connectivity index (χ1v) is 19.3. The molecule has 1 heterocycles. The van der Waals surface area contributed by atoms with E-state index in [0.29, 0.717) is 38.6 Å². The maximum Gasteiger partial charge on any atom is 0.521 e. The number of nitrogens with zero attached hydrogens (tertiary/aromatic N) is 1. The lowest BCUT2D eigenvalue weighted by Crippen LogP contribution is -2.61. The van der Waals surface area contributed by atoms with Crippen LogP contribution in [0, 0.1) is 0 Å². The highest BCUT2D eigenvalue weighted by Gasteiger charge is 2.54. The zero-order valence-electron chi connectivity index (χ0n) is 31.3. The van der Waals surface area contributed by atoms with Gasteiger partial charge in [-0.05, 0) is 56.2 Å². The lowest BCUT2D eigenvalue weighted by atomic mass is 10.0. The number of carboxylic acid groups (broad SMARTS) is 1. The molecule has 296 valence electrons. The van der Waals surface area contributed by atoms with E-state index in [1.807, 2.05) is 91.0 Å². The minimum atomic E-state index is -1.19. The number of alkyl carbamates (subject to hydrolysis) is 2. The number of amides is 5. The van der Waals surface area contributed by atoms with Gasteiger partial charge in [0.25, 0.3) is 0 Å². The van der Waals surface area contributed by atoms with Crippen molar-refractivity contribution < 1.29 is 52.1 Å². The Bertz CT molecular complexity index is 1670. The van der Waals surface area contributed by atoms with Crippen LogP contribution in [0.4, 0.5) is 14.4 Å². The van der Waals surface area contributed by atoms with Gasteiger partial charge in [-0.25, -0.2) is 14.4 Å². The molecular weight excluding hydrogens is 727 g/mol. The van der Waals surface area contributed by atoms with Crippen LogP contribution in [0.5, 0.6) is 0 Å². The van der Waals surface area contributed by atoms with E-state index in [4.69, 9.17) is 18.5 Å². The smallest absolute Gasteiger partial charge is 0.445 e. The third kappa shape index (κ3) is 13.7. The summed E-state index contributed by atoms with van der Waals surface area (Å²) in [5.74, 6) is -0.991. The van der Waals surface area contributed by atoms with Crippen LogP contribution < -0.4 is 16.0 Å². The van der Waals surface area contributed by atoms with E-state index in [1.165, 1.54) is 6.92 Å². The van der Waals surface area contributed by atoms with E-state index in [0.717, 1.165) is 16.7 Å². The number of hydrogen-bond donors (Lipinski definition) is 4. The van der Waals surface area contributed by atoms with E-state index >= 15 is 0 Å². The van der Waals surface area contributed by atoms with Crippen LogP contribution in [0.3, 0.4) is 0 Å². The molecule has 0 bridgehead atoms. The van der Waals surface area contributed by atoms with E-state index in [-0.39, 0.29) is 38.8 Å². The Morgan fingerprint density at radius 1 is 0.818 bits per heavy atom. The maximum absolute atomic E-state index is 13.8. The number of ether oxygens (including phenoxy) is 2. The number of carbonyl (C=O) groups is 5. The summed E-state index contributed by atoms with van der Waals surface area (Å²) < 4.78 is 21.5. The molecule has 3 aromatic carbocycles. The first-order chi connectivity index (χ1) is 26.6. The topological polar surface area (TPSA) is 179 Å². The Morgan fingerprint density at radius 3 is 1.96 bits per heavy atom. The molecule has 14 nitrogen and oxygen atoms in total. The van der Waals surface area contributed by atoms with E-state index < -0.39 is 61.8 Å². The second kappa shape index (κ2) is 22.5. The summed E-state index contributed by atoms with van der Waals surface area (Å²) in [6, 6.07) is 26.1. The van der Waals surface area contributed by atoms with Gasteiger partial charge in [0.05, 0.1) is 19.2 Å². The third-order valence-corrected chi connectivity index (χ3v) is 10.2. The van der Waals surface area contributed by atoms with Gasteiger partial charge in [0, 0.05) is 19.4 Å². The minimum Gasteiger partial charge on any atom is -0.445 e. The van der Waals surface area contributed by atoms with Crippen LogP contribution in [0.15, 0.2) is 91.0 Å². The second-order valence-electron chi connectivity index (χ2n) is 13.5. The molecule has 15 heteroatoms. The van der Waals surface area contributed by atoms with E-state index in [1.54, 1.807) is 6.92 Å². The Morgan fingerprint density at radius 2 is 1.40 bits per heavy atom. The minimum absolute atomic E-state index is 0.00943. The van der Waals surface area contributed by atoms with Crippen LogP contribution in [-0.4, -0.2) is 83.6 Å². The van der Waals surface area contributed by atoms with Crippen LogP contribution in [0.25, 0.3) is 0 Å². The molecule has 4 rings (SSSR count). The summed E-state index contributed by atoms with van der Waals surface area (Å²) in [5.41, 5.74) is 2.59. The number of unbranched alkanes of at least 4 members (excludes halogenated alkanes) is 1. The zero-order valence-corrected chi connectivity index (χ0v) is 32.3. The molecule has 1 aliphatic heterocycles. The predicted molar refractivity (Wildman–Crippen MR) is 206 cm³/mol. The van der Waals surface area contributed by atoms with E-state index in [9.17, 15) is 29.1 Å². The maximum atomic E-state index is 13.8. The number of nitrogens with one attached hydrogen (secondary N) is 3. The van der Waals surface area contributed by atoms with Gasteiger partial charge in [-0.3, -0.25) is 4.79 Å². The van der Waals surface area contributed by atoms with Gasteiger partial charge in [-0.1, -0.05) is 91.0 Å².